The summed E-state index contributed by atoms with van der Waals surface area (Å²) < 4.78 is 15.3. The second-order valence-corrected chi connectivity index (χ2v) is 4.89. The van der Waals surface area contributed by atoms with Crippen LogP contribution in [0.4, 0.5) is 4.39 Å². The average Bonchev–Trinajstić information content (AvgIpc) is 2.73. The number of aryl methyl sites for hydroxylation is 1. The van der Waals surface area contributed by atoms with Gasteiger partial charge in [0, 0.05) is 13.0 Å². The molecule has 1 aromatic heterocycles. The molecule has 0 bridgehead atoms. The third-order valence-electron chi connectivity index (χ3n) is 2.79. The lowest BCUT2D eigenvalue weighted by Crippen LogP contribution is -2.10. The molecular weight excluding hydrogens is 299 g/mol. The van der Waals surface area contributed by atoms with Crippen molar-refractivity contribution in [1.29, 1.82) is 0 Å². The van der Waals surface area contributed by atoms with Crippen LogP contribution in [0.15, 0.2) is 34.9 Å². The van der Waals surface area contributed by atoms with Gasteiger partial charge in [-0.05, 0) is 40.5 Å². The maximum atomic E-state index is 12.8. The summed E-state index contributed by atoms with van der Waals surface area (Å²) in [5.74, 6) is -0.270. The first-order valence-electron chi connectivity index (χ1n) is 5.75. The summed E-state index contributed by atoms with van der Waals surface area (Å²) in [6.07, 6.45) is 1.45. The molecule has 0 spiro atoms. The molecule has 1 aromatic carbocycles. The second kappa shape index (κ2) is 5.63. The Labute approximate surface area is 113 Å². The summed E-state index contributed by atoms with van der Waals surface area (Å²) in [4.78, 5) is 0. The van der Waals surface area contributed by atoms with Crippen molar-refractivity contribution in [1.82, 2.24) is 9.78 Å². The number of benzene rings is 1. The fourth-order valence-corrected chi connectivity index (χ4v) is 2.46. The van der Waals surface area contributed by atoms with Crippen molar-refractivity contribution in [3.05, 3.63) is 52.0 Å². The van der Waals surface area contributed by atoms with Gasteiger partial charge in [-0.15, -0.1) is 0 Å². The van der Waals surface area contributed by atoms with Gasteiger partial charge in [-0.25, -0.2) is 4.39 Å². The number of halogens is 2. The van der Waals surface area contributed by atoms with Gasteiger partial charge in [0.1, 0.15) is 11.9 Å². The second-order valence-electron chi connectivity index (χ2n) is 4.04. The molecular formula is C13H14BrFN2O. The van der Waals surface area contributed by atoms with Crippen LogP contribution in [0.3, 0.4) is 0 Å². The number of hydrogen-bond donors (Lipinski definition) is 1. The van der Waals surface area contributed by atoms with Crippen molar-refractivity contribution in [2.75, 3.05) is 0 Å². The summed E-state index contributed by atoms with van der Waals surface area (Å²) in [5.41, 5.74) is 1.64. The molecule has 0 aliphatic heterocycles. The largest absolute Gasteiger partial charge is 0.386 e. The zero-order chi connectivity index (χ0) is 13.1. The fraction of sp³-hybridized carbons (Fsp3) is 0.308. The van der Waals surface area contributed by atoms with Crippen LogP contribution in [0, 0.1) is 5.82 Å². The highest BCUT2D eigenvalue weighted by Crippen LogP contribution is 2.26. The van der Waals surface area contributed by atoms with E-state index in [4.69, 9.17) is 0 Å². The monoisotopic (exact) mass is 312 g/mol. The highest BCUT2D eigenvalue weighted by atomic mass is 79.9. The van der Waals surface area contributed by atoms with Crippen molar-refractivity contribution >= 4 is 15.9 Å². The van der Waals surface area contributed by atoms with Crippen molar-refractivity contribution in [3.63, 3.8) is 0 Å². The first-order valence-corrected chi connectivity index (χ1v) is 6.54. The van der Waals surface area contributed by atoms with Gasteiger partial charge in [-0.1, -0.05) is 12.1 Å². The van der Waals surface area contributed by atoms with Crippen LogP contribution in [0.2, 0.25) is 0 Å². The van der Waals surface area contributed by atoms with E-state index in [1.165, 1.54) is 12.1 Å². The van der Waals surface area contributed by atoms with Gasteiger partial charge in [0.05, 0.1) is 16.4 Å². The van der Waals surface area contributed by atoms with Gasteiger partial charge in [0.15, 0.2) is 0 Å². The Hall–Kier alpha value is -1.20. The van der Waals surface area contributed by atoms with Gasteiger partial charge in [-0.2, -0.15) is 5.10 Å². The summed E-state index contributed by atoms with van der Waals surface area (Å²) in [6, 6.07) is 6.15. The first-order chi connectivity index (χ1) is 8.61. The molecule has 3 nitrogen and oxygen atoms in total. The van der Waals surface area contributed by atoms with Crippen LogP contribution < -0.4 is 0 Å². The van der Waals surface area contributed by atoms with Gasteiger partial charge >= 0.3 is 0 Å². The van der Waals surface area contributed by atoms with E-state index in [0.29, 0.717) is 13.0 Å². The van der Waals surface area contributed by atoms with Gasteiger partial charge in [0.2, 0.25) is 0 Å². The summed E-state index contributed by atoms with van der Waals surface area (Å²) >= 11 is 3.38. The Morgan fingerprint density at radius 1 is 1.39 bits per heavy atom. The summed E-state index contributed by atoms with van der Waals surface area (Å²) in [7, 11) is 0. The van der Waals surface area contributed by atoms with Crippen LogP contribution in [0.5, 0.6) is 0 Å². The van der Waals surface area contributed by atoms with Crippen LogP contribution in [-0.2, 0) is 13.0 Å². The van der Waals surface area contributed by atoms with Gasteiger partial charge < -0.3 is 5.11 Å². The number of rotatable bonds is 4. The molecule has 1 unspecified atom stereocenters. The molecule has 0 fully saturated rings. The Morgan fingerprint density at radius 2 is 2.06 bits per heavy atom. The molecule has 5 heteroatoms. The molecule has 0 aliphatic carbocycles. The van der Waals surface area contributed by atoms with E-state index in [1.54, 1.807) is 23.0 Å². The minimum atomic E-state index is -0.660. The lowest BCUT2D eigenvalue weighted by atomic mass is 10.1. The Bertz CT molecular complexity index is 524. The minimum Gasteiger partial charge on any atom is -0.386 e. The average molecular weight is 313 g/mol. The molecule has 0 aliphatic rings. The van der Waals surface area contributed by atoms with Crippen molar-refractivity contribution in [3.8, 4) is 0 Å². The first kappa shape index (κ1) is 13.2. The third-order valence-corrected chi connectivity index (χ3v) is 3.40. The van der Waals surface area contributed by atoms with Crippen molar-refractivity contribution in [2.24, 2.45) is 0 Å². The molecule has 2 rings (SSSR count). The Balaban J connectivity index is 2.18. The van der Waals surface area contributed by atoms with Crippen LogP contribution in [0.25, 0.3) is 0 Å². The Kier molecular flexibility index (Phi) is 4.14. The maximum absolute atomic E-state index is 12.8. The van der Waals surface area contributed by atoms with Crippen LogP contribution in [0.1, 0.15) is 24.3 Å². The van der Waals surface area contributed by atoms with Gasteiger partial charge in [0.25, 0.3) is 0 Å². The normalized spacial score (nSPS) is 12.7. The van der Waals surface area contributed by atoms with E-state index < -0.39 is 6.10 Å². The lowest BCUT2D eigenvalue weighted by Gasteiger charge is -2.13. The molecule has 18 heavy (non-hydrogen) atoms. The minimum absolute atomic E-state index is 0.270. The molecule has 0 amide bonds. The van der Waals surface area contributed by atoms with Crippen molar-refractivity contribution in [2.45, 2.75) is 26.0 Å². The zero-order valence-electron chi connectivity index (χ0n) is 9.98. The fourth-order valence-electron chi connectivity index (χ4n) is 1.90. The zero-order valence-corrected chi connectivity index (χ0v) is 11.6. The molecule has 2 aromatic rings. The van der Waals surface area contributed by atoms with E-state index in [0.717, 1.165) is 15.7 Å². The Morgan fingerprint density at radius 3 is 2.67 bits per heavy atom. The highest BCUT2D eigenvalue weighted by Gasteiger charge is 2.17. The molecule has 96 valence electrons. The van der Waals surface area contributed by atoms with E-state index in [9.17, 15) is 9.50 Å². The molecule has 1 atom stereocenters. The van der Waals surface area contributed by atoms with Gasteiger partial charge in [-0.3, -0.25) is 4.68 Å². The predicted octanol–water partition coefficient (Wildman–Crippen LogP) is 3.08. The van der Waals surface area contributed by atoms with E-state index in [1.807, 2.05) is 6.92 Å². The number of aliphatic hydroxyl groups is 1. The smallest absolute Gasteiger partial charge is 0.123 e. The number of hydrogen-bond acceptors (Lipinski definition) is 2. The molecule has 1 heterocycles. The highest BCUT2D eigenvalue weighted by molar-refractivity contribution is 9.10. The lowest BCUT2D eigenvalue weighted by molar-refractivity contribution is 0.166. The maximum Gasteiger partial charge on any atom is 0.123 e. The van der Waals surface area contributed by atoms with E-state index >= 15 is 0 Å². The topological polar surface area (TPSA) is 38.0 Å². The molecule has 0 radical (unpaired) electrons. The SMILES string of the molecule is CCn1ncc(Br)c1C(O)Cc1ccc(F)cc1. The molecule has 0 saturated heterocycles. The standard InChI is InChI=1S/C13H14BrFN2O/c1-2-17-13(11(14)8-16-17)12(18)7-9-3-5-10(15)6-4-9/h3-6,8,12,18H,2,7H2,1H3. The van der Waals surface area contributed by atoms with E-state index in [2.05, 4.69) is 21.0 Å². The predicted molar refractivity (Wildman–Crippen MR) is 70.7 cm³/mol. The van der Waals surface area contributed by atoms with Crippen LogP contribution >= 0.6 is 15.9 Å². The summed E-state index contributed by atoms with van der Waals surface area (Å²) in [5, 5.41) is 14.4. The molecule has 1 N–H and O–H groups in total. The number of aromatic nitrogens is 2. The molecule has 0 saturated carbocycles. The van der Waals surface area contributed by atoms with Crippen molar-refractivity contribution < 1.29 is 9.50 Å². The summed E-state index contributed by atoms with van der Waals surface area (Å²) in [6.45, 7) is 2.66. The van der Waals surface area contributed by atoms with Crippen LogP contribution in [-0.4, -0.2) is 14.9 Å². The van der Waals surface area contributed by atoms with E-state index in [-0.39, 0.29) is 5.82 Å². The number of nitrogens with zero attached hydrogens (tertiary/aromatic N) is 2. The quantitative estimate of drug-likeness (QED) is 0.942. The number of aliphatic hydroxyl groups excluding tert-OH is 1. The third kappa shape index (κ3) is 2.79.